The Morgan fingerprint density at radius 3 is 2.44 bits per heavy atom. The van der Waals surface area contributed by atoms with E-state index < -0.39 is 18.0 Å². The molecule has 2 heterocycles. The molecule has 0 saturated carbocycles. The maximum atomic E-state index is 12.7. The molecule has 2 saturated heterocycles. The fourth-order valence-corrected chi connectivity index (χ4v) is 4.12. The van der Waals surface area contributed by atoms with Crippen LogP contribution in [0.25, 0.3) is 0 Å². The number of nitrogens with zero attached hydrogens (tertiary/aromatic N) is 2. The van der Waals surface area contributed by atoms with Crippen LogP contribution in [0.4, 0.5) is 5.69 Å². The molecule has 1 aromatic rings. The molecule has 2 amide bonds. The van der Waals surface area contributed by atoms with E-state index >= 15 is 0 Å². The van der Waals surface area contributed by atoms with Gasteiger partial charge in [-0.05, 0) is 38.8 Å². The van der Waals surface area contributed by atoms with Crippen molar-refractivity contribution in [2.45, 2.75) is 39.2 Å². The van der Waals surface area contributed by atoms with Crippen LogP contribution in [0.15, 0.2) is 24.3 Å². The minimum Gasteiger partial charge on any atom is -0.495 e. The number of methoxy groups -OCH3 is 1. The molecule has 3 rings (SSSR count). The summed E-state index contributed by atoms with van der Waals surface area (Å²) in [5, 5.41) is 0. The summed E-state index contributed by atoms with van der Waals surface area (Å²) in [6, 6.07) is 7.11. The van der Waals surface area contributed by atoms with Gasteiger partial charge in [0.1, 0.15) is 5.75 Å². The van der Waals surface area contributed by atoms with Crippen molar-refractivity contribution in [2.75, 3.05) is 38.3 Å². The van der Waals surface area contributed by atoms with Crippen molar-refractivity contribution >= 4 is 29.4 Å². The fourth-order valence-electron chi connectivity index (χ4n) is 4.12. The molecule has 0 spiro atoms. The number of carbonyl (C=O) groups excluding carboxylic acids is 4. The third kappa shape index (κ3) is 5.20. The highest BCUT2D eigenvalue weighted by Crippen LogP contribution is 2.33. The molecule has 174 valence electrons. The monoisotopic (exact) mass is 446 g/mol. The molecular formula is C23H30N2O7. The van der Waals surface area contributed by atoms with E-state index in [2.05, 4.69) is 0 Å². The number of hydrogen-bond acceptors (Lipinski definition) is 7. The third-order valence-electron chi connectivity index (χ3n) is 5.90. The van der Waals surface area contributed by atoms with E-state index in [4.69, 9.17) is 14.2 Å². The molecule has 0 aliphatic carbocycles. The number of esters is 2. The normalized spacial score (nSPS) is 20.1. The van der Waals surface area contributed by atoms with Crippen LogP contribution in [0.3, 0.4) is 0 Å². The predicted molar refractivity (Wildman–Crippen MR) is 115 cm³/mol. The lowest BCUT2D eigenvalue weighted by atomic mass is 9.96. The SMILES string of the molecule is CCOC(=O)C1CCN(C(=O)C(C)OC(=O)C2CC(=O)N(c3ccccc3OC)C2)CC1. The molecule has 2 fully saturated rings. The van der Waals surface area contributed by atoms with Gasteiger partial charge < -0.3 is 24.0 Å². The second-order valence-electron chi connectivity index (χ2n) is 8.01. The molecule has 0 aromatic heterocycles. The second-order valence-corrected chi connectivity index (χ2v) is 8.01. The van der Waals surface area contributed by atoms with Gasteiger partial charge in [-0.2, -0.15) is 0 Å². The zero-order chi connectivity index (χ0) is 23.3. The van der Waals surface area contributed by atoms with E-state index in [0.29, 0.717) is 44.0 Å². The number of amides is 2. The average Bonchev–Trinajstić information content (AvgIpc) is 3.20. The van der Waals surface area contributed by atoms with E-state index in [1.807, 2.05) is 0 Å². The topological polar surface area (TPSA) is 102 Å². The van der Waals surface area contributed by atoms with Gasteiger partial charge in [-0.1, -0.05) is 12.1 Å². The van der Waals surface area contributed by atoms with Crippen LogP contribution in [-0.4, -0.2) is 68.1 Å². The maximum absolute atomic E-state index is 12.7. The van der Waals surface area contributed by atoms with Crippen LogP contribution in [0, 0.1) is 11.8 Å². The first kappa shape index (κ1) is 23.6. The molecule has 2 atom stereocenters. The summed E-state index contributed by atoms with van der Waals surface area (Å²) in [4.78, 5) is 52.9. The highest BCUT2D eigenvalue weighted by molar-refractivity contribution is 6.00. The first-order valence-electron chi connectivity index (χ1n) is 10.9. The Bertz CT molecular complexity index is 864. The molecule has 2 aliphatic rings. The van der Waals surface area contributed by atoms with Crippen LogP contribution in [0.1, 0.15) is 33.1 Å². The van der Waals surface area contributed by atoms with E-state index in [0.717, 1.165) is 0 Å². The number of rotatable bonds is 7. The second kappa shape index (κ2) is 10.5. The number of carbonyl (C=O) groups is 4. The average molecular weight is 447 g/mol. The smallest absolute Gasteiger partial charge is 0.312 e. The molecule has 9 nitrogen and oxygen atoms in total. The number of para-hydroxylation sites is 2. The minimum absolute atomic E-state index is 0.0166. The summed E-state index contributed by atoms with van der Waals surface area (Å²) >= 11 is 0. The molecule has 2 unspecified atom stereocenters. The predicted octanol–water partition coefficient (Wildman–Crippen LogP) is 1.78. The van der Waals surface area contributed by atoms with Crippen LogP contribution in [0.5, 0.6) is 5.75 Å². The van der Waals surface area contributed by atoms with Gasteiger partial charge in [0.05, 0.1) is 31.2 Å². The highest BCUT2D eigenvalue weighted by Gasteiger charge is 2.39. The van der Waals surface area contributed by atoms with Crippen molar-refractivity contribution in [1.29, 1.82) is 0 Å². The quantitative estimate of drug-likeness (QED) is 0.588. The lowest BCUT2D eigenvalue weighted by molar-refractivity contribution is -0.163. The Kier molecular flexibility index (Phi) is 7.71. The van der Waals surface area contributed by atoms with Crippen molar-refractivity contribution in [1.82, 2.24) is 4.90 Å². The molecule has 32 heavy (non-hydrogen) atoms. The third-order valence-corrected chi connectivity index (χ3v) is 5.90. The highest BCUT2D eigenvalue weighted by atomic mass is 16.5. The molecule has 1 aromatic carbocycles. The molecule has 0 bridgehead atoms. The maximum Gasteiger partial charge on any atom is 0.312 e. The van der Waals surface area contributed by atoms with Crippen molar-refractivity contribution in [3.8, 4) is 5.75 Å². The molecule has 0 radical (unpaired) electrons. The Morgan fingerprint density at radius 1 is 1.09 bits per heavy atom. The Hall–Kier alpha value is -3.10. The summed E-state index contributed by atoms with van der Waals surface area (Å²) < 4.78 is 15.8. The summed E-state index contributed by atoms with van der Waals surface area (Å²) in [7, 11) is 1.52. The first-order chi connectivity index (χ1) is 15.3. The van der Waals surface area contributed by atoms with Crippen molar-refractivity contribution in [3.05, 3.63) is 24.3 Å². The van der Waals surface area contributed by atoms with Gasteiger partial charge in [-0.25, -0.2) is 0 Å². The number of piperidine rings is 1. The van der Waals surface area contributed by atoms with Crippen LogP contribution < -0.4 is 9.64 Å². The Balaban J connectivity index is 1.53. The summed E-state index contributed by atoms with van der Waals surface area (Å²) in [5.74, 6) is -1.62. The number of likely N-dealkylation sites (tertiary alicyclic amines) is 1. The van der Waals surface area contributed by atoms with Gasteiger partial charge in [0.25, 0.3) is 5.91 Å². The van der Waals surface area contributed by atoms with Gasteiger partial charge in [-0.15, -0.1) is 0 Å². The molecule has 9 heteroatoms. The van der Waals surface area contributed by atoms with Gasteiger partial charge in [0.2, 0.25) is 5.91 Å². The Labute approximate surface area is 187 Å². The molecular weight excluding hydrogens is 416 g/mol. The van der Waals surface area contributed by atoms with Crippen molar-refractivity contribution in [2.24, 2.45) is 11.8 Å². The molecule has 0 N–H and O–H groups in total. The number of ether oxygens (including phenoxy) is 3. The van der Waals surface area contributed by atoms with Crippen LogP contribution >= 0.6 is 0 Å². The summed E-state index contributed by atoms with van der Waals surface area (Å²) in [6.07, 6.45) is 0.104. The Morgan fingerprint density at radius 2 is 1.78 bits per heavy atom. The van der Waals surface area contributed by atoms with Gasteiger partial charge in [-0.3, -0.25) is 19.2 Å². The van der Waals surface area contributed by atoms with Gasteiger partial charge >= 0.3 is 11.9 Å². The van der Waals surface area contributed by atoms with E-state index in [1.165, 1.54) is 18.9 Å². The van der Waals surface area contributed by atoms with Gasteiger partial charge in [0, 0.05) is 26.1 Å². The molecule has 2 aliphatic heterocycles. The van der Waals surface area contributed by atoms with Crippen molar-refractivity contribution < 1.29 is 33.4 Å². The summed E-state index contributed by atoms with van der Waals surface area (Å²) in [5.41, 5.74) is 0.601. The zero-order valence-corrected chi connectivity index (χ0v) is 18.7. The lowest BCUT2D eigenvalue weighted by Gasteiger charge is -2.32. The van der Waals surface area contributed by atoms with Gasteiger partial charge in [0.15, 0.2) is 6.10 Å². The van der Waals surface area contributed by atoms with E-state index in [-0.39, 0.29) is 36.7 Å². The zero-order valence-electron chi connectivity index (χ0n) is 18.7. The first-order valence-corrected chi connectivity index (χ1v) is 10.9. The fraction of sp³-hybridized carbons (Fsp3) is 0.565. The largest absolute Gasteiger partial charge is 0.495 e. The van der Waals surface area contributed by atoms with Crippen LogP contribution in [0.2, 0.25) is 0 Å². The lowest BCUT2D eigenvalue weighted by Crippen LogP contribution is -2.46. The number of hydrogen-bond donors (Lipinski definition) is 0. The number of anilines is 1. The van der Waals surface area contributed by atoms with E-state index in [9.17, 15) is 19.2 Å². The summed E-state index contributed by atoms with van der Waals surface area (Å²) in [6.45, 7) is 4.63. The van der Waals surface area contributed by atoms with Crippen molar-refractivity contribution in [3.63, 3.8) is 0 Å². The van der Waals surface area contributed by atoms with E-state index in [1.54, 1.807) is 36.1 Å². The number of benzene rings is 1. The minimum atomic E-state index is -0.961. The van der Waals surface area contributed by atoms with Crippen LogP contribution in [-0.2, 0) is 28.7 Å². The standard InChI is InChI=1S/C23H30N2O7/c1-4-31-22(28)16-9-11-24(12-10-16)21(27)15(2)32-23(29)17-13-20(26)25(14-17)18-7-5-6-8-19(18)30-3/h5-8,15-17H,4,9-14H2,1-3H3.